The second kappa shape index (κ2) is 17.4. The van der Waals surface area contributed by atoms with Crippen LogP contribution in [0.3, 0.4) is 0 Å². The Morgan fingerprint density at radius 2 is 0.636 bits per heavy atom. The first-order valence-electron chi connectivity index (χ1n) is 7.43. The summed E-state index contributed by atoms with van der Waals surface area (Å²) in [5.74, 6) is -10.3. The van der Waals surface area contributed by atoms with E-state index in [-0.39, 0.29) is 147 Å². The Kier molecular flexibility index (Phi) is 19.8. The molecule has 156 valence electrons. The summed E-state index contributed by atoms with van der Waals surface area (Å²) >= 11 is 0. The van der Waals surface area contributed by atoms with E-state index < -0.39 is 69.2 Å². The molecule has 0 saturated heterocycles. The van der Waals surface area contributed by atoms with Crippen molar-refractivity contribution in [1.82, 2.24) is 0 Å². The van der Waals surface area contributed by atoms with E-state index in [1.807, 2.05) is 0 Å². The van der Waals surface area contributed by atoms with Crippen LogP contribution >= 0.6 is 0 Å². The van der Waals surface area contributed by atoms with Crippen LogP contribution in [0.5, 0.6) is 0 Å². The van der Waals surface area contributed by atoms with E-state index in [1.165, 1.54) is 0 Å². The van der Waals surface area contributed by atoms with E-state index >= 15 is 0 Å². The van der Waals surface area contributed by atoms with Crippen molar-refractivity contribution in [2.75, 3.05) is 0 Å². The minimum Gasteiger partial charge on any atom is -0.545 e. The van der Waals surface area contributed by atoms with Gasteiger partial charge in [-0.15, -0.1) is 0 Å². The largest absolute Gasteiger partial charge is 2.00 e. The number of aromatic carboxylic acids is 6. The van der Waals surface area contributed by atoms with Gasteiger partial charge in [0.15, 0.2) is 0 Å². The molecule has 0 saturated carbocycles. The molecule has 12 nitrogen and oxygen atoms in total. The Balaban J connectivity index is -0.000000500. The molecule has 0 aliphatic heterocycles. The van der Waals surface area contributed by atoms with Crippen LogP contribution in [-0.2, 0) is 0 Å². The third-order valence-electron chi connectivity index (χ3n) is 3.39. The zero-order valence-electron chi connectivity index (χ0n) is 16.5. The summed E-state index contributed by atoms with van der Waals surface area (Å²) < 4.78 is 0. The smallest absolute Gasteiger partial charge is 0.545 e. The molecule has 0 bridgehead atoms. The molecule has 2 aromatic carbocycles. The summed E-state index contributed by atoms with van der Waals surface area (Å²) in [7, 11) is 0. The van der Waals surface area contributed by atoms with Gasteiger partial charge < -0.3 is 59.4 Å². The van der Waals surface area contributed by atoms with Gasteiger partial charge in [0.05, 0.1) is 35.8 Å². The van der Waals surface area contributed by atoms with Crippen LogP contribution in [0.25, 0.3) is 0 Å². The normalized spacial score (nSPS) is 8.73. The molecule has 0 aromatic heterocycles. The number of hydrogen-bond acceptors (Lipinski definition) is 12. The van der Waals surface area contributed by atoms with Crippen molar-refractivity contribution >= 4 is 182 Å². The van der Waals surface area contributed by atoms with Gasteiger partial charge in [0.2, 0.25) is 0 Å². The number of carboxylic acid groups (broad SMARTS) is 6. The Bertz CT molecular complexity index is 996. The molecule has 2 aromatic rings. The molecular formula is C18H6Ba3O12. The van der Waals surface area contributed by atoms with E-state index in [0.717, 1.165) is 24.3 Å². The molecule has 0 N–H and O–H groups in total. The molecule has 0 heterocycles. The number of carboxylic acids is 6. The van der Waals surface area contributed by atoms with E-state index in [9.17, 15) is 59.4 Å². The predicted octanol–water partition coefficient (Wildman–Crippen LogP) is -7.59. The SMILES string of the molecule is O=C([O-])c1ccc(C(=O)[O-])c(C(=O)[O-])c1.O=C([O-])c1ccc(C(=O)[O-])c(C(=O)[O-])c1.[Ba+2].[Ba+2].[Ba+2]. The summed E-state index contributed by atoms with van der Waals surface area (Å²) in [6.07, 6.45) is 0. The van der Waals surface area contributed by atoms with Crippen molar-refractivity contribution in [3.8, 4) is 0 Å². The second-order valence-electron chi connectivity index (χ2n) is 5.25. The molecule has 33 heavy (non-hydrogen) atoms. The first-order chi connectivity index (χ1) is 13.9. The van der Waals surface area contributed by atoms with Crippen molar-refractivity contribution in [3.63, 3.8) is 0 Å². The minimum absolute atomic E-state index is 0. The van der Waals surface area contributed by atoms with Gasteiger partial charge in [0, 0.05) is 22.3 Å². The van der Waals surface area contributed by atoms with Crippen LogP contribution in [0.15, 0.2) is 36.4 Å². The maximum absolute atomic E-state index is 10.5. The maximum atomic E-state index is 10.5. The van der Waals surface area contributed by atoms with Crippen LogP contribution in [0.2, 0.25) is 0 Å². The zero-order chi connectivity index (χ0) is 23.2. The standard InChI is InChI=1S/2C9H6O6.3Ba/c2*10-7(11)4-1-2-5(8(12)13)6(3-4)9(14)15;;;/h2*1-3H,(H,10,11)(H,12,13)(H,14,15);;;/q;;3*+2/p-6. The Labute approximate surface area is 305 Å². The van der Waals surface area contributed by atoms with Crippen LogP contribution in [0.1, 0.15) is 62.1 Å². The molecule has 0 unspecified atom stereocenters. The van der Waals surface area contributed by atoms with Crippen molar-refractivity contribution in [2.45, 2.75) is 0 Å². The fraction of sp³-hybridized carbons (Fsp3) is 0. The number of carbonyl (C=O) groups excluding carboxylic acids is 6. The van der Waals surface area contributed by atoms with Gasteiger partial charge in [0.1, 0.15) is 0 Å². The number of carbonyl (C=O) groups is 6. The fourth-order valence-corrected chi connectivity index (χ4v) is 2.04. The topological polar surface area (TPSA) is 241 Å². The summed E-state index contributed by atoms with van der Waals surface area (Å²) in [6, 6.07) is 4.74. The van der Waals surface area contributed by atoms with E-state index in [4.69, 9.17) is 0 Å². The quantitative estimate of drug-likeness (QED) is 0.247. The third-order valence-corrected chi connectivity index (χ3v) is 3.39. The average molecular weight is 826 g/mol. The number of hydrogen-bond donors (Lipinski definition) is 0. The van der Waals surface area contributed by atoms with Gasteiger partial charge >= 0.3 is 147 Å². The predicted molar refractivity (Wildman–Crippen MR) is 96.1 cm³/mol. The van der Waals surface area contributed by atoms with Crippen LogP contribution in [0, 0.1) is 0 Å². The first-order valence-corrected chi connectivity index (χ1v) is 7.43. The van der Waals surface area contributed by atoms with Crippen LogP contribution < -0.4 is 30.6 Å². The maximum Gasteiger partial charge on any atom is 2.00 e. The molecular weight excluding hydrogens is 820 g/mol. The van der Waals surface area contributed by atoms with Crippen molar-refractivity contribution in [3.05, 3.63) is 69.8 Å². The minimum atomic E-state index is -1.79. The van der Waals surface area contributed by atoms with Gasteiger partial charge in [-0.1, -0.05) is 24.3 Å². The van der Waals surface area contributed by atoms with Gasteiger partial charge in [-0.25, -0.2) is 0 Å². The monoisotopic (exact) mass is 828 g/mol. The molecule has 2 rings (SSSR count). The van der Waals surface area contributed by atoms with E-state index in [2.05, 4.69) is 0 Å². The summed E-state index contributed by atoms with van der Waals surface area (Å²) in [5, 5.41) is 62.6. The summed E-state index contributed by atoms with van der Waals surface area (Å²) in [6.45, 7) is 0. The molecule has 15 heteroatoms. The average Bonchev–Trinajstić information content (AvgIpc) is 2.67. The zero-order valence-corrected chi connectivity index (χ0v) is 29.8. The Morgan fingerprint density at radius 1 is 0.394 bits per heavy atom. The number of rotatable bonds is 6. The summed E-state index contributed by atoms with van der Waals surface area (Å²) in [4.78, 5) is 62.6. The molecule has 0 amide bonds. The molecule has 0 fully saturated rings. The van der Waals surface area contributed by atoms with Gasteiger partial charge in [-0.2, -0.15) is 0 Å². The van der Waals surface area contributed by atoms with Crippen molar-refractivity contribution in [1.29, 1.82) is 0 Å². The number of benzene rings is 2. The molecule has 0 radical (unpaired) electrons. The van der Waals surface area contributed by atoms with Crippen LogP contribution in [0.4, 0.5) is 0 Å². The Morgan fingerprint density at radius 3 is 0.818 bits per heavy atom. The van der Waals surface area contributed by atoms with E-state index in [0.29, 0.717) is 12.1 Å². The molecule has 0 aliphatic carbocycles. The Hall–Kier alpha value is -0.0257. The van der Waals surface area contributed by atoms with Gasteiger partial charge in [0.25, 0.3) is 0 Å². The van der Waals surface area contributed by atoms with Gasteiger partial charge in [-0.05, 0) is 23.3 Å². The first kappa shape index (κ1) is 37.5. The molecule has 0 aliphatic rings. The molecule has 0 atom stereocenters. The van der Waals surface area contributed by atoms with E-state index in [1.54, 1.807) is 0 Å². The third kappa shape index (κ3) is 11.5. The molecule has 0 spiro atoms. The van der Waals surface area contributed by atoms with Gasteiger partial charge in [-0.3, -0.25) is 0 Å². The van der Waals surface area contributed by atoms with Crippen molar-refractivity contribution in [2.24, 2.45) is 0 Å². The van der Waals surface area contributed by atoms with Crippen LogP contribution in [-0.4, -0.2) is 182 Å². The van der Waals surface area contributed by atoms with Crippen molar-refractivity contribution < 1.29 is 59.4 Å². The summed E-state index contributed by atoms with van der Waals surface area (Å²) in [5.41, 5.74) is -3.67. The fourth-order valence-electron chi connectivity index (χ4n) is 2.04. The second-order valence-corrected chi connectivity index (χ2v) is 5.25.